The maximum Gasteiger partial charge on any atom is 0.321 e. The summed E-state index contributed by atoms with van der Waals surface area (Å²) < 4.78 is 4.72. The second-order valence-corrected chi connectivity index (χ2v) is 1.67. The number of isothiocyanates is 1. The predicted octanol–water partition coefficient (Wildman–Crippen LogP) is 1.52. The van der Waals surface area contributed by atoms with Crippen LogP contribution in [0.3, 0.4) is 0 Å². The SMILES string of the molecule is O=C(N=C=S)c1ccco1. The first kappa shape index (κ1) is 6.86. The molecular weight excluding hydrogens is 150 g/mol. The number of carbonyl (C=O) groups excluding carboxylic acids is 1. The Morgan fingerprint density at radius 2 is 2.60 bits per heavy atom. The Kier molecular flexibility index (Phi) is 2.10. The molecule has 1 amide bonds. The molecule has 0 atom stereocenters. The molecule has 3 nitrogen and oxygen atoms in total. The Morgan fingerprint density at radius 1 is 1.80 bits per heavy atom. The lowest BCUT2D eigenvalue weighted by molar-refractivity contribution is 0.0977. The number of hydrogen-bond donors (Lipinski definition) is 0. The molecule has 4 heteroatoms. The van der Waals surface area contributed by atoms with E-state index in [0.29, 0.717) is 0 Å². The van der Waals surface area contributed by atoms with Gasteiger partial charge in [-0.1, -0.05) is 0 Å². The second kappa shape index (κ2) is 3.06. The number of nitrogens with zero attached hydrogens (tertiary/aromatic N) is 1. The number of carbonyl (C=O) groups is 1. The summed E-state index contributed by atoms with van der Waals surface area (Å²) >= 11 is 4.22. The van der Waals surface area contributed by atoms with Gasteiger partial charge in [-0.15, -0.1) is 4.99 Å². The first-order valence-electron chi connectivity index (χ1n) is 2.50. The number of furan rings is 1. The van der Waals surface area contributed by atoms with Gasteiger partial charge in [0.2, 0.25) is 0 Å². The molecule has 0 fully saturated rings. The van der Waals surface area contributed by atoms with Crippen molar-refractivity contribution in [2.45, 2.75) is 0 Å². The molecule has 0 saturated carbocycles. The lowest BCUT2D eigenvalue weighted by atomic mass is 10.4. The smallest absolute Gasteiger partial charge is 0.321 e. The molecule has 0 aliphatic rings. The molecule has 0 radical (unpaired) electrons. The van der Waals surface area contributed by atoms with E-state index in [-0.39, 0.29) is 5.76 Å². The molecule has 0 aliphatic carbocycles. The summed E-state index contributed by atoms with van der Waals surface area (Å²) in [6, 6.07) is 3.12. The molecule has 10 heavy (non-hydrogen) atoms. The van der Waals surface area contributed by atoms with Crippen LogP contribution in [0.4, 0.5) is 0 Å². The van der Waals surface area contributed by atoms with Gasteiger partial charge in [0.25, 0.3) is 0 Å². The third kappa shape index (κ3) is 1.37. The van der Waals surface area contributed by atoms with Crippen molar-refractivity contribution in [2.24, 2.45) is 4.99 Å². The third-order valence-corrected chi connectivity index (χ3v) is 0.970. The van der Waals surface area contributed by atoms with Gasteiger partial charge in [-0.3, -0.25) is 4.79 Å². The van der Waals surface area contributed by atoms with Gasteiger partial charge in [-0.25, -0.2) is 0 Å². The largest absolute Gasteiger partial charge is 0.459 e. The van der Waals surface area contributed by atoms with Gasteiger partial charge in [0.1, 0.15) is 0 Å². The minimum Gasteiger partial charge on any atom is -0.459 e. The average Bonchev–Trinajstić information content (AvgIpc) is 2.38. The van der Waals surface area contributed by atoms with Crippen molar-refractivity contribution in [2.75, 3.05) is 0 Å². The third-order valence-electron chi connectivity index (χ3n) is 0.879. The van der Waals surface area contributed by atoms with Crippen LogP contribution < -0.4 is 0 Å². The number of thiocarbonyl (C=S) groups is 1. The van der Waals surface area contributed by atoms with Crippen molar-refractivity contribution < 1.29 is 9.21 Å². The minimum absolute atomic E-state index is 0.178. The zero-order valence-electron chi connectivity index (χ0n) is 4.90. The van der Waals surface area contributed by atoms with Crippen molar-refractivity contribution >= 4 is 23.3 Å². The lowest BCUT2D eigenvalue weighted by Gasteiger charge is -1.80. The molecule has 1 heterocycles. The van der Waals surface area contributed by atoms with E-state index in [2.05, 4.69) is 17.2 Å². The highest BCUT2D eigenvalue weighted by Gasteiger charge is 2.03. The van der Waals surface area contributed by atoms with Crippen LogP contribution in [0, 0.1) is 0 Å². The van der Waals surface area contributed by atoms with E-state index in [1.807, 2.05) is 5.16 Å². The maximum absolute atomic E-state index is 10.7. The highest BCUT2D eigenvalue weighted by Crippen LogP contribution is 2.00. The van der Waals surface area contributed by atoms with Crippen LogP contribution in [-0.2, 0) is 0 Å². The van der Waals surface area contributed by atoms with Crippen molar-refractivity contribution in [1.82, 2.24) is 0 Å². The van der Waals surface area contributed by atoms with E-state index >= 15 is 0 Å². The monoisotopic (exact) mass is 153 g/mol. The van der Waals surface area contributed by atoms with Crippen molar-refractivity contribution in [1.29, 1.82) is 0 Å². The van der Waals surface area contributed by atoms with Crippen LogP contribution in [0.25, 0.3) is 0 Å². The van der Waals surface area contributed by atoms with Crippen molar-refractivity contribution in [3.8, 4) is 0 Å². The summed E-state index contributed by atoms with van der Waals surface area (Å²) in [7, 11) is 0. The summed E-state index contributed by atoms with van der Waals surface area (Å²) in [5.74, 6) is -0.322. The molecule has 50 valence electrons. The van der Waals surface area contributed by atoms with Crippen LogP contribution in [0.15, 0.2) is 27.8 Å². The van der Waals surface area contributed by atoms with Gasteiger partial charge in [-0.2, -0.15) is 0 Å². The Morgan fingerprint density at radius 3 is 3.10 bits per heavy atom. The summed E-state index contributed by atoms with van der Waals surface area (Å²) in [4.78, 5) is 13.9. The van der Waals surface area contributed by atoms with Crippen LogP contribution in [0.5, 0.6) is 0 Å². The normalized spacial score (nSPS) is 8.40. The van der Waals surface area contributed by atoms with Gasteiger partial charge < -0.3 is 4.42 Å². The molecular formula is C6H3NO2S. The fourth-order valence-electron chi connectivity index (χ4n) is 0.497. The van der Waals surface area contributed by atoms with Gasteiger partial charge in [0.15, 0.2) is 5.76 Å². The van der Waals surface area contributed by atoms with E-state index < -0.39 is 5.91 Å². The van der Waals surface area contributed by atoms with E-state index in [4.69, 9.17) is 4.42 Å². The second-order valence-electron chi connectivity index (χ2n) is 1.49. The first-order valence-corrected chi connectivity index (χ1v) is 2.91. The van der Waals surface area contributed by atoms with Crippen LogP contribution in [-0.4, -0.2) is 11.1 Å². The molecule has 1 rings (SSSR count). The Bertz CT molecular complexity index is 272. The number of hydrogen-bond acceptors (Lipinski definition) is 3. The fraction of sp³-hybridized carbons (Fsp3) is 0. The van der Waals surface area contributed by atoms with Gasteiger partial charge in [-0.05, 0) is 24.4 Å². The maximum atomic E-state index is 10.7. The Balaban J connectivity index is 2.87. The van der Waals surface area contributed by atoms with Crippen LogP contribution >= 0.6 is 12.2 Å². The highest BCUT2D eigenvalue weighted by atomic mass is 32.1. The summed E-state index contributed by atoms with van der Waals surface area (Å²) in [5, 5.41) is 1.95. The van der Waals surface area contributed by atoms with Gasteiger partial charge >= 0.3 is 5.91 Å². The van der Waals surface area contributed by atoms with E-state index in [1.54, 1.807) is 6.07 Å². The standard InChI is InChI=1S/C6H3NO2S/c8-6(7-4-10)5-2-1-3-9-5/h1-3H. The predicted molar refractivity (Wildman–Crippen MR) is 38.1 cm³/mol. The number of aliphatic imine (C=N–C) groups is 1. The quantitative estimate of drug-likeness (QED) is 0.453. The van der Waals surface area contributed by atoms with E-state index in [1.165, 1.54) is 12.3 Å². The van der Waals surface area contributed by atoms with Crippen molar-refractivity contribution in [3.05, 3.63) is 24.2 Å². The highest BCUT2D eigenvalue weighted by molar-refractivity contribution is 7.78. The van der Waals surface area contributed by atoms with Crippen LogP contribution in [0.2, 0.25) is 0 Å². The lowest BCUT2D eigenvalue weighted by Crippen LogP contribution is -1.89. The number of rotatable bonds is 1. The molecule has 0 spiro atoms. The van der Waals surface area contributed by atoms with Crippen LogP contribution in [0.1, 0.15) is 10.6 Å². The molecule has 0 aliphatic heterocycles. The van der Waals surface area contributed by atoms with Gasteiger partial charge in [0, 0.05) is 0 Å². The minimum atomic E-state index is -0.500. The summed E-state index contributed by atoms with van der Waals surface area (Å²) in [6.07, 6.45) is 1.39. The molecule has 0 N–H and O–H groups in total. The Hall–Kier alpha value is -1.25. The molecule has 0 aromatic carbocycles. The summed E-state index contributed by atoms with van der Waals surface area (Å²) in [6.45, 7) is 0. The van der Waals surface area contributed by atoms with E-state index in [9.17, 15) is 4.79 Å². The molecule has 1 aromatic heterocycles. The van der Waals surface area contributed by atoms with Crippen molar-refractivity contribution in [3.63, 3.8) is 0 Å². The molecule has 0 saturated heterocycles. The van der Waals surface area contributed by atoms with Gasteiger partial charge in [0.05, 0.1) is 11.4 Å². The number of amides is 1. The van der Waals surface area contributed by atoms with E-state index in [0.717, 1.165) is 0 Å². The molecule has 0 unspecified atom stereocenters. The zero-order valence-corrected chi connectivity index (χ0v) is 5.72. The molecule has 0 bridgehead atoms. The fourth-order valence-corrected chi connectivity index (χ4v) is 0.580. The molecule has 1 aromatic rings. The first-order chi connectivity index (χ1) is 4.84. The topological polar surface area (TPSA) is 42.6 Å². The summed E-state index contributed by atoms with van der Waals surface area (Å²) in [5.41, 5.74) is 0. The Labute approximate surface area is 62.4 Å². The average molecular weight is 153 g/mol. The zero-order chi connectivity index (χ0) is 7.40.